The molecular weight excluding hydrogens is 825 g/mol. The first-order chi connectivity index (χ1) is 31.5. The molecule has 0 bridgehead atoms. The molecule has 0 heterocycles. The number of rotatable bonds is 46. The van der Waals surface area contributed by atoms with E-state index in [9.17, 15) is 10.2 Å². The molecule has 404 valence electrons. The van der Waals surface area contributed by atoms with E-state index in [-0.39, 0.29) is 24.8 Å². The molecule has 0 aromatic heterocycles. The van der Waals surface area contributed by atoms with Crippen LogP contribution in [0.3, 0.4) is 0 Å². The quantitative estimate of drug-likeness (QED) is 0.0470. The van der Waals surface area contributed by atoms with Crippen molar-refractivity contribution < 1.29 is 24.4 Å². The smallest absolute Gasteiger partial charge is 0.160 e. The average molecular weight is 952 g/mol. The molecule has 0 aliphatic heterocycles. The predicted molar refractivity (Wildman–Crippen MR) is 294 cm³/mol. The molecule has 18 atom stereocenters. The van der Waals surface area contributed by atoms with Crippen LogP contribution in [0.15, 0.2) is 0 Å². The standard InChI is InChI=1S/C62H126O5/c1-19-21-29-65-61(27-23-25-45(3)31-47(5)33-49(7)35-51(9)37-53(11)39-55(13)41-57(15)43-59(17)63)67-62(66-30-22-20-2)28-24-26-46(4)32-48(6)34-50(8)36-52(10)38-54(12)40-56(14)42-58(16)44-60(18)64/h45-64H,19-44H2,1-18H3. The Morgan fingerprint density at radius 3 is 0.687 bits per heavy atom. The van der Waals surface area contributed by atoms with E-state index in [1.54, 1.807) is 0 Å². The molecule has 18 unspecified atom stereocenters. The molecule has 0 fully saturated rings. The summed E-state index contributed by atoms with van der Waals surface area (Å²) < 4.78 is 19.6. The molecule has 5 heteroatoms. The van der Waals surface area contributed by atoms with Crippen LogP contribution in [0.1, 0.15) is 279 Å². The Bertz CT molecular complexity index is 998. The highest BCUT2D eigenvalue weighted by molar-refractivity contribution is 4.73. The van der Waals surface area contributed by atoms with Crippen molar-refractivity contribution in [1.82, 2.24) is 0 Å². The summed E-state index contributed by atoms with van der Waals surface area (Å²) in [7, 11) is 0. The van der Waals surface area contributed by atoms with E-state index in [2.05, 4.69) is 111 Å². The lowest BCUT2D eigenvalue weighted by atomic mass is 9.80. The zero-order valence-electron chi connectivity index (χ0n) is 48.9. The molecule has 0 rings (SSSR count). The zero-order chi connectivity index (χ0) is 50.9. The van der Waals surface area contributed by atoms with Crippen molar-refractivity contribution in [3.05, 3.63) is 0 Å². The summed E-state index contributed by atoms with van der Waals surface area (Å²) in [6, 6.07) is 0. The molecule has 0 saturated heterocycles. The van der Waals surface area contributed by atoms with Crippen molar-refractivity contribution in [2.24, 2.45) is 82.9 Å². The summed E-state index contributed by atoms with van der Waals surface area (Å²) >= 11 is 0. The summed E-state index contributed by atoms with van der Waals surface area (Å²) in [6.07, 6.45) is 27.9. The maximum Gasteiger partial charge on any atom is 0.160 e. The van der Waals surface area contributed by atoms with Crippen molar-refractivity contribution in [2.45, 2.75) is 304 Å². The number of hydrogen-bond donors (Lipinski definition) is 2. The van der Waals surface area contributed by atoms with Gasteiger partial charge in [-0.3, -0.25) is 0 Å². The van der Waals surface area contributed by atoms with Gasteiger partial charge in [0.05, 0.1) is 12.2 Å². The second-order valence-electron chi connectivity index (χ2n) is 25.8. The van der Waals surface area contributed by atoms with E-state index in [1.165, 1.54) is 89.9 Å². The van der Waals surface area contributed by atoms with Gasteiger partial charge in [-0.25, -0.2) is 0 Å². The van der Waals surface area contributed by atoms with Gasteiger partial charge in [0.25, 0.3) is 0 Å². The van der Waals surface area contributed by atoms with Gasteiger partial charge < -0.3 is 24.4 Å². The van der Waals surface area contributed by atoms with Gasteiger partial charge in [-0.1, -0.05) is 136 Å². The Labute approximate surface area is 422 Å². The van der Waals surface area contributed by atoms with Gasteiger partial charge in [0.2, 0.25) is 0 Å². The molecule has 2 N–H and O–H groups in total. The lowest BCUT2D eigenvalue weighted by molar-refractivity contribution is -0.250. The van der Waals surface area contributed by atoms with E-state index < -0.39 is 0 Å². The van der Waals surface area contributed by atoms with E-state index >= 15 is 0 Å². The van der Waals surface area contributed by atoms with Gasteiger partial charge in [0.15, 0.2) is 12.6 Å². The summed E-state index contributed by atoms with van der Waals surface area (Å²) in [6.45, 7) is 44.1. The van der Waals surface area contributed by atoms with Crippen molar-refractivity contribution in [3.63, 3.8) is 0 Å². The van der Waals surface area contributed by atoms with Gasteiger partial charge >= 0.3 is 0 Å². The van der Waals surface area contributed by atoms with Gasteiger partial charge in [-0.15, -0.1) is 0 Å². The van der Waals surface area contributed by atoms with E-state index in [4.69, 9.17) is 14.2 Å². The predicted octanol–water partition coefficient (Wildman–Crippen LogP) is 18.8. The average Bonchev–Trinajstić information content (AvgIpc) is 3.16. The minimum absolute atomic E-state index is 0.181. The number of aliphatic hydroxyl groups excluding tert-OH is 2. The molecule has 5 nitrogen and oxygen atoms in total. The third kappa shape index (κ3) is 40.0. The summed E-state index contributed by atoms with van der Waals surface area (Å²) in [5.74, 6) is 10.3. The molecule has 67 heavy (non-hydrogen) atoms. The minimum atomic E-state index is -0.182. The van der Waals surface area contributed by atoms with Crippen LogP contribution in [0.5, 0.6) is 0 Å². The fourth-order valence-electron chi connectivity index (χ4n) is 13.3. The van der Waals surface area contributed by atoms with Crippen LogP contribution in [-0.2, 0) is 14.2 Å². The lowest BCUT2D eigenvalue weighted by Gasteiger charge is -2.27. The number of aliphatic hydroxyl groups is 2. The fourth-order valence-corrected chi connectivity index (χ4v) is 13.3. The molecule has 0 aromatic rings. The summed E-state index contributed by atoms with van der Waals surface area (Å²) in [5, 5.41) is 19.5. The van der Waals surface area contributed by atoms with Crippen LogP contribution in [0.4, 0.5) is 0 Å². The molecule has 0 aliphatic rings. The molecule has 0 aromatic carbocycles. The first-order valence-corrected chi connectivity index (χ1v) is 29.8. The summed E-state index contributed by atoms with van der Waals surface area (Å²) in [4.78, 5) is 0. The van der Waals surface area contributed by atoms with Crippen LogP contribution in [0, 0.1) is 82.9 Å². The largest absolute Gasteiger partial charge is 0.393 e. The molecular formula is C62H126O5. The first kappa shape index (κ1) is 66.8. The first-order valence-electron chi connectivity index (χ1n) is 29.8. The molecule has 0 saturated carbocycles. The molecule has 0 aliphatic carbocycles. The minimum Gasteiger partial charge on any atom is -0.393 e. The third-order valence-corrected chi connectivity index (χ3v) is 15.3. The van der Waals surface area contributed by atoms with E-state index in [0.29, 0.717) is 23.7 Å². The second kappa shape index (κ2) is 40.3. The fraction of sp³-hybridized carbons (Fsp3) is 1.00. The monoisotopic (exact) mass is 951 g/mol. The highest BCUT2D eigenvalue weighted by Crippen LogP contribution is 2.33. The number of hydrogen-bond acceptors (Lipinski definition) is 5. The van der Waals surface area contributed by atoms with Crippen LogP contribution < -0.4 is 0 Å². The van der Waals surface area contributed by atoms with Crippen molar-refractivity contribution in [2.75, 3.05) is 13.2 Å². The van der Waals surface area contributed by atoms with Crippen LogP contribution in [-0.4, -0.2) is 48.2 Å². The SMILES string of the molecule is CCCCOC(CCCC(C)CC(C)CC(C)CC(C)CC(C)CC(C)CC(C)CC(C)O)OC(CCCC(C)CC(C)CC(C)CC(C)CC(C)CC(C)CC(C)CC(C)O)OCCCC. The number of ether oxygens (including phenoxy) is 3. The Hall–Kier alpha value is -0.200. The Kier molecular flexibility index (Phi) is 40.2. The van der Waals surface area contributed by atoms with Gasteiger partial charge in [-0.05, 0) is 225 Å². The van der Waals surface area contributed by atoms with E-state index in [1.807, 2.05) is 13.8 Å². The highest BCUT2D eigenvalue weighted by atomic mass is 16.8. The Morgan fingerprint density at radius 2 is 0.478 bits per heavy atom. The van der Waals surface area contributed by atoms with Gasteiger partial charge in [0.1, 0.15) is 0 Å². The van der Waals surface area contributed by atoms with Crippen molar-refractivity contribution >= 4 is 0 Å². The Morgan fingerprint density at radius 1 is 0.269 bits per heavy atom. The van der Waals surface area contributed by atoms with Crippen LogP contribution >= 0.6 is 0 Å². The normalized spacial score (nSPS) is 20.6. The lowest BCUT2D eigenvalue weighted by Crippen LogP contribution is -2.28. The van der Waals surface area contributed by atoms with Gasteiger partial charge in [0, 0.05) is 13.2 Å². The zero-order valence-corrected chi connectivity index (χ0v) is 48.9. The maximum atomic E-state index is 9.77. The molecule has 0 spiro atoms. The van der Waals surface area contributed by atoms with Crippen LogP contribution in [0.25, 0.3) is 0 Å². The van der Waals surface area contributed by atoms with Crippen LogP contribution in [0.2, 0.25) is 0 Å². The van der Waals surface area contributed by atoms with E-state index in [0.717, 1.165) is 137 Å². The second-order valence-corrected chi connectivity index (χ2v) is 25.8. The van der Waals surface area contributed by atoms with Gasteiger partial charge in [-0.2, -0.15) is 0 Å². The third-order valence-electron chi connectivity index (χ3n) is 15.3. The molecule has 0 radical (unpaired) electrons. The summed E-state index contributed by atoms with van der Waals surface area (Å²) in [5.41, 5.74) is 0. The maximum absolute atomic E-state index is 9.77. The molecule has 0 amide bonds. The van der Waals surface area contributed by atoms with Crippen molar-refractivity contribution in [3.8, 4) is 0 Å². The van der Waals surface area contributed by atoms with Crippen molar-refractivity contribution in [1.29, 1.82) is 0 Å². The Balaban J connectivity index is 4.89. The highest BCUT2D eigenvalue weighted by Gasteiger charge is 2.23. The number of unbranched alkanes of at least 4 members (excludes halogenated alkanes) is 2. The topological polar surface area (TPSA) is 68.2 Å².